The number of unbranched alkanes of at least 4 members (excludes halogenated alkanes) is 11. The number of para-hydroxylation sites is 2. The molecule has 0 aliphatic rings. The molecule has 102 heavy (non-hydrogen) atoms. The Morgan fingerprint density at radius 2 is 0.873 bits per heavy atom. The number of hydrogen-bond acceptors (Lipinski definition) is 20. The van der Waals surface area contributed by atoms with Crippen LogP contribution in [0.15, 0.2) is 91.0 Å². The molecule has 0 bridgehead atoms. The zero-order chi connectivity index (χ0) is 76.6. The van der Waals surface area contributed by atoms with Crippen LogP contribution in [0.3, 0.4) is 0 Å². The predicted octanol–water partition coefficient (Wildman–Crippen LogP) is 8.05. The number of carbonyl (C=O) groups is 5. The quantitative estimate of drug-likeness (QED) is 0.0113. The molecule has 0 aromatic heterocycles. The molecule has 4 aromatic carbocycles. The van der Waals surface area contributed by atoms with Crippen molar-refractivity contribution in [3.8, 4) is 23.0 Å². The van der Waals surface area contributed by atoms with Crippen molar-refractivity contribution in [2.45, 2.75) is 153 Å². The number of benzene rings is 4. The fourth-order valence-corrected chi connectivity index (χ4v) is 10.5. The zero-order valence-electron chi connectivity index (χ0n) is 56.6. The number of hydrogen-bond donors (Lipinski definition) is 16. The van der Waals surface area contributed by atoms with E-state index in [1.165, 1.54) is 91.0 Å². The van der Waals surface area contributed by atoms with Crippen LogP contribution in [0, 0.1) is 0 Å². The molecular formula is C63H100F4N8O23P4. The third kappa shape index (κ3) is 45.9. The molecule has 4 atom stereocenters. The van der Waals surface area contributed by atoms with Gasteiger partial charge in [-0.15, -0.1) is 0 Å². The fraction of sp³-hybridized carbons (Fsp3) is 0.540. The molecule has 0 fully saturated rings. The molecule has 4 rings (SSSR count). The number of nitrogens with one attached hydrogen (secondary N) is 3. The van der Waals surface area contributed by atoms with E-state index >= 15 is 0 Å². The summed E-state index contributed by atoms with van der Waals surface area (Å²) in [6, 6.07) is 19.0. The average molecular weight is 1540 g/mol. The Labute approximate surface area is 590 Å². The van der Waals surface area contributed by atoms with E-state index < -0.39 is 85.9 Å². The third-order valence-corrected chi connectivity index (χ3v) is 15.6. The number of alkyl halides is 4. The minimum absolute atomic E-state index is 0.0516. The van der Waals surface area contributed by atoms with Crippen LogP contribution >= 0.6 is 31.3 Å². The monoisotopic (exact) mass is 1540 g/mol. The smallest absolute Gasteiger partial charge is 0.404 e. The van der Waals surface area contributed by atoms with Crippen LogP contribution in [0.4, 0.5) is 23.2 Å². The molecule has 0 saturated carbocycles. The number of ketones is 2. The Balaban J connectivity index is 0.000000687. The number of anilines is 1. The van der Waals surface area contributed by atoms with E-state index in [0.717, 1.165) is 77.0 Å². The second kappa shape index (κ2) is 52.8. The van der Waals surface area contributed by atoms with E-state index in [9.17, 15) is 59.8 Å². The number of Topliss-reactive ketones (excluding diaryl/α,β-unsaturated/α-hetero) is 2. The maximum absolute atomic E-state index is 14.5. The van der Waals surface area contributed by atoms with Crippen molar-refractivity contribution in [2.24, 2.45) is 28.7 Å². The number of phosphoric ester groups is 4. The highest BCUT2D eigenvalue weighted by molar-refractivity contribution is 7.47. The Hall–Kier alpha value is -6.13. The van der Waals surface area contributed by atoms with Gasteiger partial charge in [-0.1, -0.05) is 99.9 Å². The van der Waals surface area contributed by atoms with Gasteiger partial charge in [0.1, 0.15) is 35.5 Å². The van der Waals surface area contributed by atoms with Gasteiger partial charge in [0.2, 0.25) is 18.3 Å². The Morgan fingerprint density at radius 1 is 0.441 bits per heavy atom. The summed E-state index contributed by atoms with van der Waals surface area (Å²) in [6.07, 6.45) is 8.22. The van der Waals surface area contributed by atoms with E-state index in [0.29, 0.717) is 90.2 Å². The topological polar surface area (TPSA) is 537 Å². The maximum Gasteiger partial charge on any atom is 0.524 e. The third-order valence-electron chi connectivity index (χ3n) is 13.9. The molecule has 39 heteroatoms. The predicted molar refractivity (Wildman–Crippen MR) is 371 cm³/mol. The van der Waals surface area contributed by atoms with Gasteiger partial charge in [0.15, 0.2) is 12.0 Å². The van der Waals surface area contributed by atoms with Crippen LogP contribution in [-0.4, -0.2) is 140 Å². The molecule has 0 spiro atoms. The van der Waals surface area contributed by atoms with Gasteiger partial charge in [-0.05, 0) is 119 Å². The fourth-order valence-electron chi connectivity index (χ4n) is 8.87. The van der Waals surface area contributed by atoms with Crippen LogP contribution in [-0.2, 0) is 58.4 Å². The first-order valence-corrected chi connectivity index (χ1v) is 38.8. The van der Waals surface area contributed by atoms with E-state index in [2.05, 4.69) is 34.0 Å². The molecule has 21 N–H and O–H groups in total. The van der Waals surface area contributed by atoms with E-state index in [1.54, 1.807) is 0 Å². The lowest BCUT2D eigenvalue weighted by atomic mass is 10.0. The Morgan fingerprint density at radius 3 is 1.37 bits per heavy atom. The van der Waals surface area contributed by atoms with E-state index in [4.69, 9.17) is 77.3 Å². The van der Waals surface area contributed by atoms with Crippen LogP contribution in [0.2, 0.25) is 0 Å². The minimum Gasteiger partial charge on any atom is -0.404 e. The van der Waals surface area contributed by atoms with Crippen molar-refractivity contribution < 1.29 is 127 Å². The highest BCUT2D eigenvalue weighted by Gasteiger charge is 2.29. The number of amides is 3. The summed E-state index contributed by atoms with van der Waals surface area (Å²) < 4.78 is 127. The molecule has 0 heterocycles. The lowest BCUT2D eigenvalue weighted by Crippen LogP contribution is -2.31. The van der Waals surface area contributed by atoms with Crippen LogP contribution in [0.5, 0.6) is 23.0 Å². The van der Waals surface area contributed by atoms with Crippen LogP contribution in [0.25, 0.3) is 0 Å². The first kappa shape index (κ1) is 93.9. The molecule has 578 valence electrons. The standard InChI is InChI=1S/C21H35FN3O6P.C15H23FNO5P.C14H22FN2O7P.C13H20FN2O5P/c22-20(16-10-5-6-13-19(16)31-32(28,29)30)21(27)25-15-9-3-1-2-4-12-18(26)17(24)11-7-8-14-23;16-15(14(18)6-4-2-1-3-5-11-17)12-7-9-13(10-8-12)22-23(19,20)21;15-13(11-3-1-2-4-12(11)24-25(19,20)21)14(18)17-6-8-23-10-9-22-7-5-16;14-9-10-8-11(5-6-12(10)21-22(18,19)20)16-13(17)4-2-1-3-7-15/h5-6,10,13,17,20H,1-4,7-9,11-12,14-15,23-24H2,(H,25,27)(H2,28,29,30);7-10,15H,1-6,11,17H2,(H2,19,20,21);1-4,13H,5-10,16H2,(H,17,18)(H2,19,20,21);5-6,8H,1-4,7,9,15H2,(H,16,17)(H2,18,19,20). The zero-order valence-corrected chi connectivity index (χ0v) is 60.1. The lowest BCUT2D eigenvalue weighted by Gasteiger charge is -2.15. The highest BCUT2D eigenvalue weighted by atomic mass is 31.2. The van der Waals surface area contributed by atoms with Gasteiger partial charge >= 0.3 is 31.3 Å². The first-order chi connectivity index (χ1) is 48.2. The summed E-state index contributed by atoms with van der Waals surface area (Å²) in [5, 5.41) is 7.40. The summed E-state index contributed by atoms with van der Waals surface area (Å²) in [5.74, 6) is -3.61. The lowest BCUT2D eigenvalue weighted by molar-refractivity contribution is -0.127. The van der Waals surface area contributed by atoms with Crippen molar-refractivity contribution in [1.82, 2.24) is 10.6 Å². The maximum atomic E-state index is 14.5. The number of phosphoric acid groups is 4. The van der Waals surface area contributed by atoms with Crippen molar-refractivity contribution in [1.29, 1.82) is 0 Å². The highest BCUT2D eigenvalue weighted by Crippen LogP contribution is 2.44. The van der Waals surface area contributed by atoms with Gasteiger partial charge in [-0.2, -0.15) is 0 Å². The summed E-state index contributed by atoms with van der Waals surface area (Å²) in [5.41, 5.74) is 27.2. The van der Waals surface area contributed by atoms with Gasteiger partial charge in [0.25, 0.3) is 11.8 Å². The number of nitrogens with two attached hydrogens (primary N) is 5. The number of carbonyl (C=O) groups excluding carboxylic acids is 5. The van der Waals surface area contributed by atoms with Crippen molar-refractivity contribution in [2.75, 3.05) is 71.0 Å². The van der Waals surface area contributed by atoms with E-state index in [-0.39, 0.29) is 77.3 Å². The normalized spacial score (nSPS) is 12.6. The molecule has 31 nitrogen and oxygen atoms in total. The molecular weight excluding hydrogens is 1440 g/mol. The molecule has 0 aliphatic carbocycles. The van der Waals surface area contributed by atoms with Crippen molar-refractivity contribution in [3.05, 3.63) is 113 Å². The van der Waals surface area contributed by atoms with Gasteiger partial charge in [-0.3, -0.25) is 63.1 Å². The van der Waals surface area contributed by atoms with Crippen LogP contribution < -0.4 is 62.7 Å². The largest absolute Gasteiger partial charge is 0.524 e. The first-order valence-electron chi connectivity index (χ1n) is 32.7. The number of rotatable bonds is 49. The van der Waals surface area contributed by atoms with Gasteiger partial charge in [0, 0.05) is 61.3 Å². The Bertz CT molecular complexity index is 3270. The summed E-state index contributed by atoms with van der Waals surface area (Å²) in [7, 11) is -19.1. The molecule has 0 radical (unpaired) electrons. The summed E-state index contributed by atoms with van der Waals surface area (Å²) >= 11 is 0. The molecule has 0 aliphatic heterocycles. The molecule has 4 aromatic rings. The second-order valence-corrected chi connectivity index (χ2v) is 27.1. The van der Waals surface area contributed by atoms with Crippen molar-refractivity contribution in [3.63, 3.8) is 0 Å². The number of halogens is 4. The average Bonchev–Trinajstić information content (AvgIpc) is 0.854. The van der Waals surface area contributed by atoms with E-state index in [1.807, 2.05) is 0 Å². The summed E-state index contributed by atoms with van der Waals surface area (Å²) in [4.78, 5) is 130. The van der Waals surface area contributed by atoms with Gasteiger partial charge in [0.05, 0.1) is 32.5 Å². The summed E-state index contributed by atoms with van der Waals surface area (Å²) in [6.45, 7) is 2.89. The number of ether oxygens (including phenoxy) is 2. The SMILES string of the molecule is NCCCCC(N)C(=O)CCCCCCCNC(=O)C(F)c1ccccc1OP(=O)(O)O.NCCCCCC(=O)Nc1ccc(OP(=O)(O)O)c(CF)c1.NCCCCCCCC(=O)C(F)c1ccc(OP(=O)(O)O)cc1.NCCOCCOCCNC(=O)C(F)c1ccccc1OP(=O)(O)O. The van der Waals surface area contributed by atoms with Crippen LogP contribution in [0.1, 0.15) is 163 Å². The molecule has 4 unspecified atom stereocenters. The molecule has 0 saturated heterocycles. The van der Waals surface area contributed by atoms with Crippen molar-refractivity contribution >= 4 is 66.3 Å². The molecule has 3 amide bonds. The second-order valence-electron chi connectivity index (χ2n) is 22.4. The Kier molecular flexibility index (Phi) is 48.6. The van der Waals surface area contributed by atoms with Gasteiger partial charge in [-0.25, -0.2) is 35.8 Å². The minimum atomic E-state index is -4.87. The van der Waals surface area contributed by atoms with Gasteiger partial charge < -0.3 is 72.2 Å².